The van der Waals surface area contributed by atoms with Crippen LogP contribution in [0.5, 0.6) is 0 Å². The van der Waals surface area contributed by atoms with Gasteiger partial charge in [-0.25, -0.2) is 4.39 Å². The van der Waals surface area contributed by atoms with Crippen LogP contribution >= 0.6 is 0 Å². The topological polar surface area (TPSA) is 41.3 Å². The van der Waals surface area contributed by atoms with Gasteiger partial charge in [-0.3, -0.25) is 11.3 Å². The van der Waals surface area contributed by atoms with Crippen LogP contribution in [-0.4, -0.2) is 24.0 Å². The van der Waals surface area contributed by atoms with Gasteiger partial charge in [0.15, 0.2) is 0 Å². The average Bonchev–Trinajstić information content (AvgIpc) is 2.65. The minimum Gasteiger partial charge on any atom is -0.300 e. The third-order valence-electron chi connectivity index (χ3n) is 5.03. The number of hydrogen-bond acceptors (Lipinski definition) is 3. The van der Waals surface area contributed by atoms with Gasteiger partial charge >= 0.3 is 0 Å². The van der Waals surface area contributed by atoms with Crippen molar-refractivity contribution in [3.8, 4) is 0 Å². The van der Waals surface area contributed by atoms with E-state index in [0.29, 0.717) is 23.6 Å². The molecule has 2 fully saturated rings. The van der Waals surface area contributed by atoms with Crippen molar-refractivity contribution in [1.82, 2.24) is 10.3 Å². The molecular weight excluding hydrogens is 241 g/mol. The summed E-state index contributed by atoms with van der Waals surface area (Å²) >= 11 is 0. The Morgan fingerprint density at radius 3 is 2.47 bits per heavy atom. The molecule has 104 valence electrons. The summed E-state index contributed by atoms with van der Waals surface area (Å²) in [6.07, 6.45) is 4.75. The predicted octanol–water partition coefficient (Wildman–Crippen LogP) is 2.20. The Balaban J connectivity index is 1.82. The Hall–Kier alpha value is -0.970. The van der Waals surface area contributed by atoms with E-state index < -0.39 is 0 Å². The van der Waals surface area contributed by atoms with Crippen molar-refractivity contribution in [3.63, 3.8) is 0 Å². The van der Waals surface area contributed by atoms with Gasteiger partial charge in [-0.1, -0.05) is 18.2 Å². The van der Waals surface area contributed by atoms with E-state index in [1.54, 1.807) is 6.07 Å². The van der Waals surface area contributed by atoms with Gasteiger partial charge in [0, 0.05) is 17.6 Å². The SMILES string of the molecule is CN1C2CCC1CC(C(NN)c1ccccc1F)C2. The van der Waals surface area contributed by atoms with Crippen LogP contribution in [0.4, 0.5) is 4.39 Å². The molecule has 2 bridgehead atoms. The number of piperidine rings is 1. The number of nitrogens with zero attached hydrogens (tertiary/aromatic N) is 1. The molecule has 2 saturated heterocycles. The lowest BCUT2D eigenvalue weighted by molar-refractivity contribution is 0.111. The van der Waals surface area contributed by atoms with E-state index in [1.165, 1.54) is 18.9 Å². The van der Waals surface area contributed by atoms with Gasteiger partial charge in [-0.15, -0.1) is 0 Å². The maximum absolute atomic E-state index is 14.0. The van der Waals surface area contributed by atoms with Gasteiger partial charge in [-0.05, 0) is 44.7 Å². The first kappa shape index (κ1) is 13.0. The number of hydrogen-bond donors (Lipinski definition) is 2. The molecule has 0 amide bonds. The van der Waals surface area contributed by atoms with Gasteiger partial charge in [0.1, 0.15) is 5.82 Å². The summed E-state index contributed by atoms with van der Waals surface area (Å²) in [4.78, 5) is 2.49. The molecule has 2 heterocycles. The zero-order valence-corrected chi connectivity index (χ0v) is 11.3. The molecule has 0 radical (unpaired) electrons. The average molecular weight is 263 g/mol. The molecule has 3 rings (SSSR count). The number of benzene rings is 1. The van der Waals surface area contributed by atoms with Crippen LogP contribution in [0.2, 0.25) is 0 Å². The molecule has 3 nitrogen and oxygen atoms in total. The zero-order valence-electron chi connectivity index (χ0n) is 11.3. The highest BCUT2D eigenvalue weighted by molar-refractivity contribution is 5.22. The van der Waals surface area contributed by atoms with Crippen molar-refractivity contribution in [1.29, 1.82) is 0 Å². The fourth-order valence-electron chi connectivity index (χ4n) is 3.93. The van der Waals surface area contributed by atoms with Crippen LogP contribution in [0, 0.1) is 11.7 Å². The van der Waals surface area contributed by atoms with E-state index in [4.69, 9.17) is 5.84 Å². The summed E-state index contributed by atoms with van der Waals surface area (Å²) in [6, 6.07) is 8.19. The van der Waals surface area contributed by atoms with Crippen LogP contribution < -0.4 is 11.3 Å². The Bertz CT molecular complexity index is 437. The minimum absolute atomic E-state index is 0.0713. The smallest absolute Gasteiger partial charge is 0.128 e. The van der Waals surface area contributed by atoms with Crippen molar-refractivity contribution < 1.29 is 4.39 Å². The molecule has 3 atom stereocenters. The Morgan fingerprint density at radius 1 is 1.26 bits per heavy atom. The molecular formula is C15H22FN3. The summed E-state index contributed by atoms with van der Waals surface area (Å²) < 4.78 is 14.0. The fourth-order valence-corrected chi connectivity index (χ4v) is 3.93. The monoisotopic (exact) mass is 263 g/mol. The summed E-state index contributed by atoms with van der Waals surface area (Å²) in [7, 11) is 2.21. The lowest BCUT2D eigenvalue weighted by Gasteiger charge is -2.39. The maximum atomic E-state index is 14.0. The fraction of sp³-hybridized carbons (Fsp3) is 0.600. The van der Waals surface area contributed by atoms with E-state index in [-0.39, 0.29) is 11.9 Å². The van der Waals surface area contributed by atoms with Crippen LogP contribution in [0.3, 0.4) is 0 Å². The molecule has 0 saturated carbocycles. The lowest BCUT2D eigenvalue weighted by Crippen LogP contribution is -2.45. The predicted molar refractivity (Wildman–Crippen MR) is 73.8 cm³/mol. The second-order valence-corrected chi connectivity index (χ2v) is 5.95. The zero-order chi connectivity index (χ0) is 13.4. The first-order chi connectivity index (χ1) is 9.20. The molecule has 1 aromatic rings. The Kier molecular flexibility index (Phi) is 3.56. The second-order valence-electron chi connectivity index (χ2n) is 5.95. The molecule has 2 aliphatic heterocycles. The van der Waals surface area contributed by atoms with E-state index in [0.717, 1.165) is 12.8 Å². The van der Waals surface area contributed by atoms with Gasteiger partial charge in [0.2, 0.25) is 0 Å². The number of fused-ring (bicyclic) bond motifs is 2. The van der Waals surface area contributed by atoms with E-state index >= 15 is 0 Å². The lowest BCUT2D eigenvalue weighted by atomic mass is 9.82. The van der Waals surface area contributed by atoms with Crippen molar-refractivity contribution in [2.45, 2.75) is 43.8 Å². The molecule has 3 unspecified atom stereocenters. The standard InChI is InChI=1S/C15H22FN3/c1-19-11-6-7-12(19)9-10(8-11)15(18-17)13-4-2-3-5-14(13)16/h2-5,10-12,15,18H,6-9,17H2,1H3. The van der Waals surface area contributed by atoms with Crippen LogP contribution in [-0.2, 0) is 0 Å². The molecule has 3 N–H and O–H groups in total. The van der Waals surface area contributed by atoms with Crippen molar-refractivity contribution in [2.24, 2.45) is 11.8 Å². The number of hydrazine groups is 1. The van der Waals surface area contributed by atoms with Gasteiger partial charge in [-0.2, -0.15) is 0 Å². The molecule has 19 heavy (non-hydrogen) atoms. The highest BCUT2D eigenvalue weighted by Gasteiger charge is 2.41. The van der Waals surface area contributed by atoms with Gasteiger partial charge in [0.05, 0.1) is 6.04 Å². The number of halogens is 1. The Morgan fingerprint density at radius 2 is 1.89 bits per heavy atom. The molecule has 0 aromatic heterocycles. The quantitative estimate of drug-likeness (QED) is 0.649. The van der Waals surface area contributed by atoms with Crippen LogP contribution in [0.15, 0.2) is 24.3 Å². The van der Waals surface area contributed by atoms with E-state index in [9.17, 15) is 4.39 Å². The summed E-state index contributed by atoms with van der Waals surface area (Å²) in [5, 5.41) is 0. The first-order valence-electron chi connectivity index (χ1n) is 7.13. The van der Waals surface area contributed by atoms with Gasteiger partial charge < -0.3 is 4.90 Å². The van der Waals surface area contributed by atoms with Gasteiger partial charge in [0.25, 0.3) is 0 Å². The highest BCUT2D eigenvalue weighted by Crippen LogP contribution is 2.42. The molecule has 4 heteroatoms. The molecule has 2 aliphatic rings. The highest BCUT2D eigenvalue weighted by atomic mass is 19.1. The van der Waals surface area contributed by atoms with Crippen LogP contribution in [0.1, 0.15) is 37.3 Å². The first-order valence-corrected chi connectivity index (χ1v) is 7.13. The number of nitrogens with two attached hydrogens (primary N) is 1. The molecule has 1 aromatic carbocycles. The maximum Gasteiger partial charge on any atom is 0.128 e. The summed E-state index contributed by atoms with van der Waals surface area (Å²) in [5.41, 5.74) is 3.56. The normalized spacial score (nSPS) is 32.5. The van der Waals surface area contributed by atoms with Crippen molar-refractivity contribution in [2.75, 3.05) is 7.05 Å². The van der Waals surface area contributed by atoms with Crippen LogP contribution in [0.25, 0.3) is 0 Å². The number of rotatable bonds is 3. The third kappa shape index (κ3) is 2.29. The minimum atomic E-state index is -0.156. The second kappa shape index (κ2) is 5.19. The largest absolute Gasteiger partial charge is 0.300 e. The number of nitrogens with one attached hydrogen (secondary N) is 1. The molecule has 0 spiro atoms. The van der Waals surface area contributed by atoms with E-state index in [1.807, 2.05) is 12.1 Å². The molecule has 0 aliphatic carbocycles. The summed E-state index contributed by atoms with van der Waals surface area (Å²) in [6.45, 7) is 0. The third-order valence-corrected chi connectivity index (χ3v) is 5.03. The Labute approximate surface area is 113 Å². The van der Waals surface area contributed by atoms with Crippen molar-refractivity contribution >= 4 is 0 Å². The summed E-state index contributed by atoms with van der Waals surface area (Å²) in [5.74, 6) is 5.99. The van der Waals surface area contributed by atoms with Crippen molar-refractivity contribution in [3.05, 3.63) is 35.6 Å². The van der Waals surface area contributed by atoms with E-state index in [2.05, 4.69) is 17.4 Å².